The van der Waals surface area contributed by atoms with Crippen LogP contribution in [-0.2, 0) is 12.8 Å². The highest BCUT2D eigenvalue weighted by Gasteiger charge is 2.47. The first-order valence-electron chi connectivity index (χ1n) is 6.11. The summed E-state index contributed by atoms with van der Waals surface area (Å²) in [7, 11) is 0. The SMILES string of the molecule is CCc1c(N)n[nH]c1CC1CCC2CC12. The van der Waals surface area contributed by atoms with Crippen molar-refractivity contribution in [3.8, 4) is 0 Å². The van der Waals surface area contributed by atoms with E-state index in [1.54, 1.807) is 0 Å². The number of nitrogens with zero attached hydrogens (tertiary/aromatic N) is 1. The predicted molar refractivity (Wildman–Crippen MR) is 60.4 cm³/mol. The molecule has 3 atom stereocenters. The first-order valence-corrected chi connectivity index (χ1v) is 6.11. The molecule has 1 aromatic rings. The van der Waals surface area contributed by atoms with Gasteiger partial charge in [-0.05, 0) is 49.9 Å². The molecule has 0 radical (unpaired) electrons. The molecule has 3 unspecified atom stereocenters. The second-order valence-corrected chi connectivity index (χ2v) is 5.12. The normalized spacial score (nSPS) is 33.0. The highest BCUT2D eigenvalue weighted by molar-refractivity contribution is 5.42. The summed E-state index contributed by atoms with van der Waals surface area (Å²) in [5, 5.41) is 7.24. The summed E-state index contributed by atoms with van der Waals surface area (Å²) in [6.45, 7) is 2.15. The molecule has 3 rings (SSSR count). The van der Waals surface area contributed by atoms with Crippen molar-refractivity contribution in [2.45, 2.75) is 39.0 Å². The average Bonchev–Trinajstić information content (AvgIpc) is 2.80. The van der Waals surface area contributed by atoms with E-state index in [9.17, 15) is 0 Å². The van der Waals surface area contributed by atoms with Crippen LogP contribution < -0.4 is 5.73 Å². The van der Waals surface area contributed by atoms with Crippen molar-refractivity contribution in [3.63, 3.8) is 0 Å². The van der Waals surface area contributed by atoms with Crippen molar-refractivity contribution in [3.05, 3.63) is 11.3 Å². The van der Waals surface area contributed by atoms with Crippen LogP contribution in [0.15, 0.2) is 0 Å². The van der Waals surface area contributed by atoms with Crippen molar-refractivity contribution >= 4 is 5.82 Å². The zero-order chi connectivity index (χ0) is 10.4. The molecule has 15 heavy (non-hydrogen) atoms. The summed E-state index contributed by atoms with van der Waals surface area (Å²) in [5.74, 6) is 3.71. The fourth-order valence-electron chi connectivity index (χ4n) is 3.32. The van der Waals surface area contributed by atoms with Crippen LogP contribution in [0.2, 0.25) is 0 Å². The Labute approximate surface area is 90.4 Å². The Hall–Kier alpha value is -0.990. The number of fused-ring (bicyclic) bond motifs is 1. The average molecular weight is 205 g/mol. The Morgan fingerprint density at radius 1 is 1.47 bits per heavy atom. The van der Waals surface area contributed by atoms with E-state index in [-0.39, 0.29) is 0 Å². The number of hydrogen-bond donors (Lipinski definition) is 2. The lowest BCUT2D eigenvalue weighted by Crippen LogP contribution is -2.06. The van der Waals surface area contributed by atoms with Crippen LogP contribution >= 0.6 is 0 Å². The molecule has 2 aliphatic carbocycles. The number of nitrogens with two attached hydrogens (primary N) is 1. The van der Waals surface area contributed by atoms with Gasteiger partial charge in [0.15, 0.2) is 0 Å². The lowest BCUT2D eigenvalue weighted by atomic mass is 9.95. The van der Waals surface area contributed by atoms with Gasteiger partial charge in [-0.3, -0.25) is 5.10 Å². The quantitative estimate of drug-likeness (QED) is 0.794. The maximum atomic E-state index is 5.83. The molecule has 2 saturated carbocycles. The third-order valence-electron chi connectivity index (χ3n) is 4.30. The molecule has 0 aromatic carbocycles. The van der Waals surface area contributed by atoms with Gasteiger partial charge in [0.25, 0.3) is 0 Å². The molecule has 0 spiro atoms. The minimum Gasteiger partial charge on any atom is -0.382 e. The fourth-order valence-corrected chi connectivity index (χ4v) is 3.32. The van der Waals surface area contributed by atoms with E-state index in [1.165, 1.54) is 36.9 Å². The van der Waals surface area contributed by atoms with Gasteiger partial charge in [0.1, 0.15) is 5.82 Å². The van der Waals surface area contributed by atoms with Gasteiger partial charge in [0.05, 0.1) is 0 Å². The van der Waals surface area contributed by atoms with Crippen molar-refractivity contribution in [1.29, 1.82) is 0 Å². The third kappa shape index (κ3) is 1.45. The van der Waals surface area contributed by atoms with Crippen LogP contribution in [0.25, 0.3) is 0 Å². The zero-order valence-electron chi connectivity index (χ0n) is 9.29. The van der Waals surface area contributed by atoms with Gasteiger partial charge in [-0.1, -0.05) is 6.92 Å². The molecule has 2 aliphatic rings. The lowest BCUT2D eigenvalue weighted by Gasteiger charge is -2.10. The van der Waals surface area contributed by atoms with E-state index < -0.39 is 0 Å². The van der Waals surface area contributed by atoms with Crippen LogP contribution in [0.5, 0.6) is 0 Å². The van der Waals surface area contributed by atoms with E-state index in [4.69, 9.17) is 5.73 Å². The zero-order valence-corrected chi connectivity index (χ0v) is 9.29. The van der Waals surface area contributed by atoms with Crippen LogP contribution in [0.3, 0.4) is 0 Å². The summed E-state index contributed by atoms with van der Waals surface area (Å²) in [5.41, 5.74) is 8.38. The molecular formula is C12H19N3. The number of nitrogen functional groups attached to an aromatic ring is 1. The molecule has 1 aromatic heterocycles. The largest absolute Gasteiger partial charge is 0.382 e. The fraction of sp³-hybridized carbons (Fsp3) is 0.750. The Kier molecular flexibility index (Phi) is 2.01. The van der Waals surface area contributed by atoms with E-state index in [1.807, 2.05) is 0 Å². The maximum absolute atomic E-state index is 5.83. The summed E-state index contributed by atoms with van der Waals surface area (Å²) >= 11 is 0. The second kappa shape index (κ2) is 3.26. The minimum absolute atomic E-state index is 0.706. The van der Waals surface area contributed by atoms with Crippen molar-refractivity contribution in [1.82, 2.24) is 10.2 Å². The van der Waals surface area contributed by atoms with Gasteiger partial charge in [-0.25, -0.2) is 0 Å². The first kappa shape index (κ1) is 9.25. The third-order valence-corrected chi connectivity index (χ3v) is 4.30. The second-order valence-electron chi connectivity index (χ2n) is 5.12. The van der Waals surface area contributed by atoms with E-state index in [2.05, 4.69) is 17.1 Å². The van der Waals surface area contributed by atoms with Gasteiger partial charge in [0, 0.05) is 11.3 Å². The van der Waals surface area contributed by atoms with Crippen LogP contribution in [0.1, 0.15) is 37.4 Å². The topological polar surface area (TPSA) is 54.7 Å². The molecule has 2 fully saturated rings. The lowest BCUT2D eigenvalue weighted by molar-refractivity contribution is 0.471. The van der Waals surface area contributed by atoms with Crippen LogP contribution in [0, 0.1) is 17.8 Å². The molecule has 3 N–H and O–H groups in total. The Bertz CT molecular complexity index is 369. The predicted octanol–water partition coefficient (Wildman–Crippen LogP) is 2.14. The Balaban J connectivity index is 1.75. The van der Waals surface area contributed by atoms with Gasteiger partial charge in [-0.2, -0.15) is 5.10 Å². The molecule has 0 saturated heterocycles. The van der Waals surface area contributed by atoms with E-state index in [0.717, 1.165) is 24.2 Å². The molecule has 3 nitrogen and oxygen atoms in total. The van der Waals surface area contributed by atoms with Crippen molar-refractivity contribution < 1.29 is 0 Å². The molecule has 0 aliphatic heterocycles. The number of aromatic nitrogens is 2. The first-order chi connectivity index (χ1) is 7.29. The Morgan fingerprint density at radius 2 is 2.33 bits per heavy atom. The Morgan fingerprint density at radius 3 is 2.93 bits per heavy atom. The summed E-state index contributed by atoms with van der Waals surface area (Å²) < 4.78 is 0. The highest BCUT2D eigenvalue weighted by atomic mass is 15.2. The van der Waals surface area contributed by atoms with Crippen molar-refractivity contribution in [2.24, 2.45) is 17.8 Å². The number of rotatable bonds is 3. The van der Waals surface area contributed by atoms with Gasteiger partial charge >= 0.3 is 0 Å². The van der Waals surface area contributed by atoms with E-state index >= 15 is 0 Å². The van der Waals surface area contributed by atoms with Gasteiger partial charge in [0.2, 0.25) is 0 Å². The minimum atomic E-state index is 0.706. The van der Waals surface area contributed by atoms with Gasteiger partial charge < -0.3 is 5.73 Å². The molecule has 82 valence electrons. The molecular weight excluding hydrogens is 186 g/mol. The van der Waals surface area contributed by atoms with Crippen LogP contribution in [0.4, 0.5) is 5.82 Å². The molecule has 1 heterocycles. The standard InChI is InChI=1S/C12H19N3/c1-2-9-11(14-15-12(9)13)6-8-4-3-7-5-10(7)8/h7-8,10H,2-6H2,1H3,(H3,13,14,15). The molecule has 0 bridgehead atoms. The summed E-state index contributed by atoms with van der Waals surface area (Å²) in [4.78, 5) is 0. The highest BCUT2D eigenvalue weighted by Crippen LogP contribution is 2.56. The number of nitrogens with one attached hydrogen (secondary N) is 1. The number of hydrogen-bond acceptors (Lipinski definition) is 2. The van der Waals surface area contributed by atoms with Crippen molar-refractivity contribution in [2.75, 3.05) is 5.73 Å². The smallest absolute Gasteiger partial charge is 0.148 e. The maximum Gasteiger partial charge on any atom is 0.148 e. The molecule has 0 amide bonds. The van der Waals surface area contributed by atoms with E-state index in [0.29, 0.717) is 5.82 Å². The van der Waals surface area contributed by atoms with Gasteiger partial charge in [-0.15, -0.1) is 0 Å². The molecule has 3 heteroatoms. The summed E-state index contributed by atoms with van der Waals surface area (Å²) in [6.07, 6.45) is 6.53. The summed E-state index contributed by atoms with van der Waals surface area (Å²) in [6, 6.07) is 0. The number of anilines is 1. The monoisotopic (exact) mass is 205 g/mol. The number of aromatic amines is 1. The number of H-pyrrole nitrogens is 1. The van der Waals surface area contributed by atoms with Crippen LogP contribution in [-0.4, -0.2) is 10.2 Å².